The van der Waals surface area contributed by atoms with Gasteiger partial charge in [-0.1, -0.05) is 137 Å². The maximum Gasteiger partial charge on any atom is 0.261 e. The minimum atomic E-state index is -2.86. The molecule has 0 spiro atoms. The number of amides is 2. The zero-order valence-corrected chi connectivity index (χ0v) is 32.4. The van der Waals surface area contributed by atoms with Crippen molar-refractivity contribution in [1.29, 1.82) is 0 Å². The lowest BCUT2D eigenvalue weighted by molar-refractivity contribution is -0.143. The number of allylic oxidation sites excluding steroid dienone is 1. The predicted octanol–water partition coefficient (Wildman–Crippen LogP) is 8.19. The number of nitrogens with zero attached hydrogens (tertiary/aromatic N) is 1. The van der Waals surface area contributed by atoms with Crippen LogP contribution in [0, 0.1) is 17.8 Å². The van der Waals surface area contributed by atoms with E-state index in [2.05, 4.69) is 94.4 Å². The van der Waals surface area contributed by atoms with Crippen molar-refractivity contribution < 1.29 is 23.9 Å². The van der Waals surface area contributed by atoms with Crippen LogP contribution in [0.15, 0.2) is 102 Å². The molecular weight excluding hydrogens is 663 g/mol. The number of likely N-dealkylation sites (tertiary alicyclic amines) is 1. The summed E-state index contributed by atoms with van der Waals surface area (Å²) < 4.78 is 14.2. The number of ether oxygens (including phenoxy) is 1. The van der Waals surface area contributed by atoms with E-state index < -0.39 is 8.32 Å². The molecule has 3 aromatic carbocycles. The molecule has 1 saturated carbocycles. The van der Waals surface area contributed by atoms with Gasteiger partial charge in [0.25, 0.3) is 8.32 Å². The van der Waals surface area contributed by atoms with Crippen molar-refractivity contribution in [3.8, 4) is 5.75 Å². The normalized spacial score (nSPS) is 24.4. The van der Waals surface area contributed by atoms with Gasteiger partial charge in [-0.2, -0.15) is 0 Å². The van der Waals surface area contributed by atoms with Crippen molar-refractivity contribution in [2.75, 3.05) is 13.2 Å². The average molecular weight is 718 g/mol. The Bertz CT molecular complexity index is 1770. The number of rotatable bonds is 11. The monoisotopic (exact) mass is 717 g/mol. The molecule has 52 heavy (non-hydrogen) atoms. The highest BCUT2D eigenvalue weighted by molar-refractivity contribution is 6.99. The molecule has 4 atom stereocenters. The van der Waals surface area contributed by atoms with Crippen LogP contribution in [0.4, 0.5) is 0 Å². The molecule has 2 amide bonds. The van der Waals surface area contributed by atoms with Crippen LogP contribution in [0.25, 0.3) is 6.08 Å². The Morgan fingerprint density at radius 1 is 0.885 bits per heavy atom. The summed E-state index contributed by atoms with van der Waals surface area (Å²) in [6, 6.07) is 28.9. The van der Waals surface area contributed by atoms with Crippen molar-refractivity contribution in [2.45, 2.75) is 103 Å². The fraction of sp³-hybridized carbons (Fsp3) is 0.467. The first kappa shape index (κ1) is 36.6. The number of phenols is 1. The molecule has 1 N–H and O–H groups in total. The van der Waals surface area contributed by atoms with Gasteiger partial charge in [0.2, 0.25) is 11.8 Å². The third kappa shape index (κ3) is 6.76. The maximum absolute atomic E-state index is 14.3. The number of carbonyl (C=O) groups is 2. The van der Waals surface area contributed by atoms with Crippen LogP contribution in [-0.4, -0.2) is 55.5 Å². The van der Waals surface area contributed by atoms with E-state index in [1.807, 2.05) is 18.2 Å². The Labute approximate surface area is 311 Å². The van der Waals surface area contributed by atoms with E-state index in [1.54, 1.807) is 11.0 Å². The second-order valence-electron chi connectivity index (χ2n) is 16.4. The Morgan fingerprint density at radius 3 is 2.13 bits per heavy atom. The SMILES string of the molecule is CC/C(=C\c1ccccc1O)CC[C@H]1OC[C@H]2C1=C(CO[Si](c1ccccc1)(c1ccccc1)C(C)(C)C)C[C@H]1C(=O)N(C3CCCCC3)C(=O)[C@H]12. The number of fused-ring (bicyclic) bond motifs is 3. The summed E-state index contributed by atoms with van der Waals surface area (Å²) in [5.74, 6) is -0.537. The summed E-state index contributed by atoms with van der Waals surface area (Å²) >= 11 is 0. The van der Waals surface area contributed by atoms with E-state index in [1.165, 1.54) is 27.9 Å². The van der Waals surface area contributed by atoms with Gasteiger partial charge in [0, 0.05) is 17.5 Å². The molecule has 7 rings (SSSR count). The lowest BCUT2D eigenvalue weighted by atomic mass is 9.69. The molecule has 3 fully saturated rings. The molecule has 0 aromatic heterocycles. The van der Waals surface area contributed by atoms with Crippen LogP contribution in [0.3, 0.4) is 0 Å². The van der Waals surface area contributed by atoms with Crippen LogP contribution in [-0.2, 0) is 18.8 Å². The Kier molecular flexibility index (Phi) is 10.8. The molecule has 2 aliphatic carbocycles. The first-order valence-corrected chi connectivity index (χ1v) is 21.5. The molecule has 7 heteroatoms. The first-order chi connectivity index (χ1) is 25.1. The molecule has 3 aromatic rings. The Hall–Kier alpha value is -3.78. The summed E-state index contributed by atoms with van der Waals surface area (Å²) in [6.07, 6.45) is 10.1. The van der Waals surface area contributed by atoms with Gasteiger partial charge in [0.05, 0.1) is 31.2 Å². The summed E-state index contributed by atoms with van der Waals surface area (Å²) in [5, 5.41) is 12.7. The molecule has 2 heterocycles. The quantitative estimate of drug-likeness (QED) is 0.123. The van der Waals surface area contributed by atoms with Crippen molar-refractivity contribution in [3.05, 3.63) is 107 Å². The number of hydrogen-bond acceptors (Lipinski definition) is 5. The number of hydrogen-bond donors (Lipinski definition) is 1. The second kappa shape index (κ2) is 15.3. The third-order valence-corrected chi connectivity index (χ3v) is 17.3. The number of carbonyl (C=O) groups excluding carboxylic acids is 2. The number of phenolic OH excluding ortho intramolecular Hbond substituents is 1. The van der Waals surface area contributed by atoms with E-state index in [9.17, 15) is 14.7 Å². The van der Waals surface area contributed by atoms with Crippen LogP contribution < -0.4 is 10.4 Å². The standard InChI is InChI=1S/C45H55NO5Si/c1-5-31(27-32-17-15-16-24-39(32)47)25-26-40-41-33(28-37-42(38(41)30-50-40)44(49)46(43(37)48)34-18-9-6-10-19-34)29-51-52(45(2,3)4,35-20-11-7-12-21-35)36-22-13-8-14-23-36/h7-8,11-17,20-24,27,34,37-38,40,42,47H,5-6,9-10,18-19,25-26,28-30H2,1-4H3/b31-27+/t37-,38+,40-,42-/m1/s1. The lowest BCUT2D eigenvalue weighted by Gasteiger charge is -2.44. The van der Waals surface area contributed by atoms with Gasteiger partial charge in [0.1, 0.15) is 5.75 Å². The van der Waals surface area contributed by atoms with Crippen LogP contribution >= 0.6 is 0 Å². The first-order valence-electron chi connectivity index (χ1n) is 19.6. The van der Waals surface area contributed by atoms with Gasteiger partial charge in [-0.15, -0.1) is 0 Å². The maximum atomic E-state index is 14.3. The summed E-state index contributed by atoms with van der Waals surface area (Å²) in [5.41, 5.74) is 4.41. The minimum absolute atomic E-state index is 0.0179. The summed E-state index contributed by atoms with van der Waals surface area (Å²) in [7, 11) is -2.86. The molecule has 0 bridgehead atoms. The number of benzene rings is 3. The molecular formula is C45H55NO5Si. The highest BCUT2D eigenvalue weighted by Gasteiger charge is 2.59. The molecule has 0 unspecified atom stereocenters. The van der Waals surface area contributed by atoms with Crippen molar-refractivity contribution in [2.24, 2.45) is 17.8 Å². The molecule has 0 radical (unpaired) electrons. The van der Waals surface area contributed by atoms with E-state index in [0.717, 1.165) is 56.1 Å². The highest BCUT2D eigenvalue weighted by atomic mass is 28.4. The number of imide groups is 1. The van der Waals surface area contributed by atoms with E-state index in [-0.39, 0.29) is 52.5 Å². The third-order valence-electron chi connectivity index (χ3n) is 12.3. The summed E-state index contributed by atoms with van der Waals surface area (Å²) in [6.45, 7) is 9.89. The van der Waals surface area contributed by atoms with E-state index in [0.29, 0.717) is 19.6 Å². The number of aromatic hydroxyl groups is 1. The van der Waals surface area contributed by atoms with Crippen LogP contribution in [0.2, 0.25) is 5.04 Å². The highest BCUT2D eigenvalue weighted by Crippen LogP contribution is 2.51. The molecule has 2 saturated heterocycles. The topological polar surface area (TPSA) is 76.1 Å². The largest absolute Gasteiger partial charge is 0.507 e. The lowest BCUT2D eigenvalue weighted by Crippen LogP contribution is -2.66. The van der Waals surface area contributed by atoms with Crippen molar-refractivity contribution in [3.63, 3.8) is 0 Å². The van der Waals surface area contributed by atoms with Gasteiger partial charge in [0.15, 0.2) is 0 Å². The second-order valence-corrected chi connectivity index (χ2v) is 20.7. The predicted molar refractivity (Wildman–Crippen MR) is 210 cm³/mol. The van der Waals surface area contributed by atoms with Gasteiger partial charge in [-0.05, 0) is 71.1 Å². The number of para-hydroxylation sites is 1. The van der Waals surface area contributed by atoms with Crippen LogP contribution in [0.5, 0.6) is 5.75 Å². The van der Waals surface area contributed by atoms with Gasteiger partial charge in [-0.25, -0.2) is 0 Å². The molecule has 4 aliphatic rings. The van der Waals surface area contributed by atoms with Crippen molar-refractivity contribution >= 4 is 36.6 Å². The van der Waals surface area contributed by atoms with Crippen LogP contribution in [0.1, 0.15) is 91.0 Å². The van der Waals surface area contributed by atoms with Crippen molar-refractivity contribution in [1.82, 2.24) is 4.90 Å². The Morgan fingerprint density at radius 2 is 1.52 bits per heavy atom. The Balaban J connectivity index is 1.26. The average Bonchev–Trinajstić information content (AvgIpc) is 3.69. The van der Waals surface area contributed by atoms with E-state index >= 15 is 0 Å². The zero-order chi connectivity index (χ0) is 36.5. The van der Waals surface area contributed by atoms with Gasteiger partial charge in [-0.3, -0.25) is 14.5 Å². The van der Waals surface area contributed by atoms with Gasteiger partial charge >= 0.3 is 0 Å². The minimum Gasteiger partial charge on any atom is -0.507 e. The summed E-state index contributed by atoms with van der Waals surface area (Å²) in [4.78, 5) is 30.3. The fourth-order valence-corrected chi connectivity index (χ4v) is 14.3. The molecule has 6 nitrogen and oxygen atoms in total. The fourth-order valence-electron chi connectivity index (χ4n) is 9.78. The van der Waals surface area contributed by atoms with Gasteiger partial charge < -0.3 is 14.3 Å². The zero-order valence-electron chi connectivity index (χ0n) is 31.4. The molecule has 2 aliphatic heterocycles. The smallest absolute Gasteiger partial charge is 0.261 e. The molecule has 274 valence electrons. The van der Waals surface area contributed by atoms with E-state index in [4.69, 9.17) is 9.16 Å².